The Morgan fingerprint density at radius 3 is 2.67 bits per heavy atom. The van der Waals surface area contributed by atoms with Gasteiger partial charge in [0.2, 0.25) is 0 Å². The molecule has 8 heteroatoms. The molecule has 152 valence electrons. The number of imide groups is 1. The highest BCUT2D eigenvalue weighted by molar-refractivity contribution is 8.18. The van der Waals surface area contributed by atoms with E-state index in [1.165, 1.54) is 0 Å². The number of nitrogens with one attached hydrogen (secondary N) is 1. The summed E-state index contributed by atoms with van der Waals surface area (Å²) in [5.41, 5.74) is 2.29. The molecule has 0 aromatic heterocycles. The number of nitrogens with zero attached hydrogens (tertiary/aromatic N) is 2. The number of ether oxygens (including phenoxy) is 1. The first-order valence-corrected chi connectivity index (χ1v) is 10.0. The number of rotatable bonds is 7. The number of aryl methyl sites for hydroxylation is 1. The standard InChI is InChI=1S/C22H19N3O4S/c1-15-6-8-16(9-7-15)12-19-21(27)25(22(28)30-19)11-10-24-20(26)14-29-18-5-3-2-4-17(18)13-23/h2-9,12H,10-11,14H2,1H3,(H,24,26). The van der Waals surface area contributed by atoms with Crippen molar-refractivity contribution in [3.63, 3.8) is 0 Å². The van der Waals surface area contributed by atoms with Crippen molar-refractivity contribution in [2.45, 2.75) is 6.92 Å². The van der Waals surface area contributed by atoms with E-state index in [-0.39, 0.29) is 30.8 Å². The third kappa shape index (κ3) is 5.27. The lowest BCUT2D eigenvalue weighted by molar-refractivity contribution is -0.125. The average molecular weight is 421 g/mol. The van der Waals surface area contributed by atoms with Crippen LogP contribution in [0.25, 0.3) is 6.08 Å². The Kier molecular flexibility index (Phi) is 6.88. The second-order valence-electron chi connectivity index (χ2n) is 6.49. The Bertz CT molecular complexity index is 1040. The van der Waals surface area contributed by atoms with E-state index in [4.69, 9.17) is 10.00 Å². The van der Waals surface area contributed by atoms with Crippen molar-refractivity contribution in [2.75, 3.05) is 19.7 Å². The summed E-state index contributed by atoms with van der Waals surface area (Å²) >= 11 is 0.882. The molecule has 7 nitrogen and oxygen atoms in total. The minimum absolute atomic E-state index is 0.0659. The second kappa shape index (κ2) is 9.76. The lowest BCUT2D eigenvalue weighted by Gasteiger charge is -2.13. The lowest BCUT2D eigenvalue weighted by atomic mass is 10.1. The highest BCUT2D eigenvalue weighted by Gasteiger charge is 2.34. The van der Waals surface area contributed by atoms with Crippen LogP contribution >= 0.6 is 11.8 Å². The van der Waals surface area contributed by atoms with Gasteiger partial charge in [-0.05, 0) is 42.5 Å². The number of benzene rings is 2. The summed E-state index contributed by atoms with van der Waals surface area (Å²) in [5, 5.41) is 11.3. The van der Waals surface area contributed by atoms with Gasteiger partial charge >= 0.3 is 0 Å². The zero-order valence-electron chi connectivity index (χ0n) is 16.3. The van der Waals surface area contributed by atoms with E-state index in [1.807, 2.05) is 37.3 Å². The molecule has 0 aliphatic carbocycles. The first-order valence-electron chi connectivity index (χ1n) is 9.18. The number of nitriles is 1. The molecular weight excluding hydrogens is 402 g/mol. The number of hydrogen-bond donors (Lipinski definition) is 1. The smallest absolute Gasteiger partial charge is 0.293 e. The topological polar surface area (TPSA) is 99.5 Å². The minimum atomic E-state index is -0.412. The zero-order chi connectivity index (χ0) is 21.5. The van der Waals surface area contributed by atoms with Crippen LogP contribution in [0.4, 0.5) is 4.79 Å². The number of amides is 3. The highest BCUT2D eigenvalue weighted by atomic mass is 32.2. The van der Waals surface area contributed by atoms with Crippen molar-refractivity contribution >= 4 is 34.9 Å². The molecular formula is C22H19N3O4S. The van der Waals surface area contributed by atoms with Gasteiger partial charge in [-0.25, -0.2) is 0 Å². The maximum Gasteiger partial charge on any atom is 0.293 e. The molecule has 3 amide bonds. The number of para-hydroxylation sites is 1. The fraction of sp³-hybridized carbons (Fsp3) is 0.182. The number of hydrogen-bond acceptors (Lipinski definition) is 6. The van der Waals surface area contributed by atoms with Crippen molar-refractivity contribution in [3.8, 4) is 11.8 Å². The van der Waals surface area contributed by atoms with Crippen LogP contribution in [0.2, 0.25) is 0 Å². The summed E-state index contributed by atoms with van der Waals surface area (Å²) in [5.74, 6) is -0.466. The third-order valence-electron chi connectivity index (χ3n) is 4.27. The van der Waals surface area contributed by atoms with Gasteiger partial charge in [0.15, 0.2) is 6.61 Å². The summed E-state index contributed by atoms with van der Waals surface area (Å²) in [6.45, 7) is 1.88. The molecule has 30 heavy (non-hydrogen) atoms. The molecule has 2 aromatic rings. The molecule has 0 bridgehead atoms. The monoisotopic (exact) mass is 421 g/mol. The van der Waals surface area contributed by atoms with Crippen LogP contribution in [0.5, 0.6) is 5.75 Å². The normalized spacial score (nSPS) is 14.7. The SMILES string of the molecule is Cc1ccc(C=C2SC(=O)N(CCNC(=O)COc3ccccc3C#N)C2=O)cc1. The van der Waals surface area contributed by atoms with Crippen LogP contribution in [0.15, 0.2) is 53.4 Å². The van der Waals surface area contributed by atoms with E-state index in [1.54, 1.807) is 30.3 Å². The molecule has 1 saturated heterocycles. The van der Waals surface area contributed by atoms with Crippen LogP contribution in [0.1, 0.15) is 16.7 Å². The highest BCUT2D eigenvalue weighted by Crippen LogP contribution is 2.31. The maximum absolute atomic E-state index is 12.5. The average Bonchev–Trinajstić information content (AvgIpc) is 3.01. The zero-order valence-corrected chi connectivity index (χ0v) is 17.1. The van der Waals surface area contributed by atoms with Crippen molar-refractivity contribution in [1.29, 1.82) is 5.26 Å². The maximum atomic E-state index is 12.5. The van der Waals surface area contributed by atoms with E-state index in [9.17, 15) is 14.4 Å². The lowest BCUT2D eigenvalue weighted by Crippen LogP contribution is -2.38. The second-order valence-corrected chi connectivity index (χ2v) is 7.48. The summed E-state index contributed by atoms with van der Waals surface area (Å²) in [7, 11) is 0. The van der Waals surface area contributed by atoms with E-state index >= 15 is 0 Å². The fourth-order valence-electron chi connectivity index (χ4n) is 2.69. The summed E-state index contributed by atoms with van der Waals surface area (Å²) in [6, 6.07) is 16.2. The Morgan fingerprint density at radius 1 is 1.20 bits per heavy atom. The van der Waals surface area contributed by atoms with Gasteiger partial charge in [0, 0.05) is 13.1 Å². The van der Waals surface area contributed by atoms with Gasteiger partial charge in [-0.2, -0.15) is 5.26 Å². The van der Waals surface area contributed by atoms with Crippen molar-refractivity contribution in [2.24, 2.45) is 0 Å². The summed E-state index contributed by atoms with van der Waals surface area (Å²) < 4.78 is 5.35. The number of carbonyl (C=O) groups is 3. The Hall–Kier alpha value is -3.57. The van der Waals surface area contributed by atoms with Gasteiger partial charge in [0.05, 0.1) is 10.5 Å². The van der Waals surface area contributed by atoms with Gasteiger partial charge in [-0.3, -0.25) is 19.3 Å². The minimum Gasteiger partial charge on any atom is -0.482 e. The van der Waals surface area contributed by atoms with Crippen LogP contribution < -0.4 is 10.1 Å². The molecule has 0 atom stereocenters. The largest absolute Gasteiger partial charge is 0.482 e. The van der Waals surface area contributed by atoms with E-state index in [0.29, 0.717) is 16.2 Å². The first kappa shape index (κ1) is 21.1. The van der Waals surface area contributed by atoms with Gasteiger partial charge in [0.1, 0.15) is 11.8 Å². The van der Waals surface area contributed by atoms with E-state index in [0.717, 1.165) is 27.8 Å². The fourth-order valence-corrected chi connectivity index (χ4v) is 3.56. The van der Waals surface area contributed by atoms with Crippen molar-refractivity contribution in [3.05, 3.63) is 70.1 Å². The number of carbonyl (C=O) groups excluding carboxylic acids is 3. The van der Waals surface area contributed by atoms with Crippen LogP contribution in [0.3, 0.4) is 0 Å². The Morgan fingerprint density at radius 2 is 1.93 bits per heavy atom. The molecule has 0 radical (unpaired) electrons. The quantitative estimate of drug-likeness (QED) is 0.690. The van der Waals surface area contributed by atoms with Crippen LogP contribution in [-0.4, -0.2) is 41.6 Å². The molecule has 2 aromatic carbocycles. The van der Waals surface area contributed by atoms with Crippen LogP contribution in [-0.2, 0) is 9.59 Å². The van der Waals surface area contributed by atoms with Crippen molar-refractivity contribution in [1.82, 2.24) is 10.2 Å². The predicted molar refractivity (Wildman–Crippen MR) is 114 cm³/mol. The van der Waals surface area contributed by atoms with Gasteiger partial charge in [-0.1, -0.05) is 42.0 Å². The Labute approximate surface area is 178 Å². The molecule has 0 saturated carbocycles. The molecule has 1 aliphatic heterocycles. The first-order chi connectivity index (χ1) is 14.5. The molecule has 1 N–H and O–H groups in total. The van der Waals surface area contributed by atoms with E-state index < -0.39 is 5.91 Å². The summed E-state index contributed by atoms with van der Waals surface area (Å²) in [4.78, 5) is 38.1. The van der Waals surface area contributed by atoms with Gasteiger partial charge < -0.3 is 10.1 Å². The van der Waals surface area contributed by atoms with Crippen molar-refractivity contribution < 1.29 is 19.1 Å². The Balaban J connectivity index is 1.49. The molecule has 0 unspecified atom stereocenters. The molecule has 3 rings (SSSR count). The third-order valence-corrected chi connectivity index (χ3v) is 5.18. The van der Waals surface area contributed by atoms with Gasteiger partial charge in [-0.15, -0.1) is 0 Å². The van der Waals surface area contributed by atoms with E-state index in [2.05, 4.69) is 5.32 Å². The molecule has 1 fully saturated rings. The van der Waals surface area contributed by atoms with Crippen LogP contribution in [0, 0.1) is 18.3 Å². The predicted octanol–water partition coefficient (Wildman–Crippen LogP) is 3.10. The molecule has 0 spiro atoms. The summed E-state index contributed by atoms with van der Waals surface area (Å²) in [6.07, 6.45) is 1.68. The molecule has 1 heterocycles. The van der Waals surface area contributed by atoms with Gasteiger partial charge in [0.25, 0.3) is 17.1 Å². The number of thioether (sulfide) groups is 1. The molecule has 1 aliphatic rings.